The first kappa shape index (κ1) is 18.3. The maximum absolute atomic E-state index is 12.5. The molecule has 0 spiro atoms. The van der Waals surface area contributed by atoms with E-state index in [2.05, 4.69) is 16.3 Å². The lowest BCUT2D eigenvalue weighted by molar-refractivity contribution is -0.117. The van der Waals surface area contributed by atoms with Crippen LogP contribution >= 0.6 is 11.3 Å². The van der Waals surface area contributed by atoms with Gasteiger partial charge in [-0.2, -0.15) is 5.26 Å². The van der Waals surface area contributed by atoms with Crippen LogP contribution in [0.4, 0.5) is 0 Å². The van der Waals surface area contributed by atoms with Gasteiger partial charge < -0.3 is 10.1 Å². The molecule has 1 fully saturated rings. The van der Waals surface area contributed by atoms with Gasteiger partial charge in [0.15, 0.2) is 0 Å². The third kappa shape index (κ3) is 4.79. The average molecular weight is 367 g/mol. The minimum Gasteiger partial charge on any atom is -0.379 e. The van der Waals surface area contributed by atoms with Crippen LogP contribution in [-0.4, -0.2) is 43.7 Å². The lowest BCUT2D eigenvalue weighted by Gasteiger charge is -2.34. The number of thiophene rings is 1. The summed E-state index contributed by atoms with van der Waals surface area (Å²) in [5, 5.41) is 14.3. The van der Waals surface area contributed by atoms with Crippen LogP contribution in [0.3, 0.4) is 0 Å². The van der Waals surface area contributed by atoms with Crippen LogP contribution < -0.4 is 5.32 Å². The summed E-state index contributed by atoms with van der Waals surface area (Å²) >= 11 is 1.68. The molecule has 0 bridgehead atoms. The third-order valence-corrected chi connectivity index (χ3v) is 5.26. The van der Waals surface area contributed by atoms with Gasteiger partial charge in [-0.05, 0) is 23.1 Å². The van der Waals surface area contributed by atoms with E-state index < -0.39 is 0 Å². The number of ether oxygens (including phenoxy) is 1. The largest absolute Gasteiger partial charge is 0.379 e. The Morgan fingerprint density at radius 2 is 2.04 bits per heavy atom. The van der Waals surface area contributed by atoms with Gasteiger partial charge in [0.05, 0.1) is 19.3 Å². The average Bonchev–Trinajstić information content (AvgIpc) is 3.22. The molecule has 1 aliphatic heterocycles. The summed E-state index contributed by atoms with van der Waals surface area (Å²) in [6.07, 6.45) is 1.62. The highest BCUT2D eigenvalue weighted by molar-refractivity contribution is 7.10. The SMILES string of the molecule is N#C/C(=C/c1ccccc1)C(=O)NCC(c1cccs1)N1CCOCC1. The van der Waals surface area contributed by atoms with Gasteiger partial charge in [-0.15, -0.1) is 11.3 Å². The number of nitriles is 1. The fraction of sp³-hybridized carbons (Fsp3) is 0.300. The molecule has 1 N–H and O–H groups in total. The Morgan fingerprint density at radius 1 is 1.27 bits per heavy atom. The molecule has 0 radical (unpaired) electrons. The maximum Gasteiger partial charge on any atom is 0.262 e. The van der Waals surface area contributed by atoms with Crippen molar-refractivity contribution in [1.82, 2.24) is 10.2 Å². The molecule has 1 aromatic carbocycles. The molecule has 6 heteroatoms. The highest BCUT2D eigenvalue weighted by Gasteiger charge is 2.24. The Morgan fingerprint density at radius 3 is 2.69 bits per heavy atom. The molecular formula is C20H21N3O2S. The molecule has 1 unspecified atom stereocenters. The Balaban J connectivity index is 1.68. The number of hydrogen-bond donors (Lipinski definition) is 1. The summed E-state index contributed by atoms with van der Waals surface area (Å²) < 4.78 is 5.44. The zero-order valence-electron chi connectivity index (χ0n) is 14.4. The number of rotatable bonds is 6. The van der Waals surface area contributed by atoms with Crippen molar-refractivity contribution in [2.45, 2.75) is 6.04 Å². The number of nitrogens with one attached hydrogen (secondary N) is 1. The molecule has 2 heterocycles. The fourth-order valence-corrected chi connectivity index (χ4v) is 3.79. The molecule has 3 rings (SSSR count). The van der Waals surface area contributed by atoms with E-state index in [0.29, 0.717) is 19.8 Å². The molecule has 0 saturated carbocycles. The van der Waals surface area contributed by atoms with Gasteiger partial charge in [0, 0.05) is 24.5 Å². The molecular weight excluding hydrogens is 346 g/mol. The Bertz CT molecular complexity index is 775. The second kappa shape index (κ2) is 9.30. The highest BCUT2D eigenvalue weighted by Crippen LogP contribution is 2.25. The van der Waals surface area contributed by atoms with Gasteiger partial charge in [-0.3, -0.25) is 9.69 Å². The second-order valence-electron chi connectivity index (χ2n) is 5.97. The standard InChI is InChI=1S/C20H21N3O2S/c21-14-17(13-16-5-2-1-3-6-16)20(24)22-15-18(19-7-4-12-26-19)23-8-10-25-11-9-23/h1-7,12-13,18H,8-11,15H2,(H,22,24)/b17-13-. The third-order valence-electron chi connectivity index (χ3n) is 4.29. The summed E-state index contributed by atoms with van der Waals surface area (Å²) in [4.78, 5) is 16.0. The van der Waals surface area contributed by atoms with E-state index in [1.165, 1.54) is 4.88 Å². The van der Waals surface area contributed by atoms with Crippen LogP contribution in [0.5, 0.6) is 0 Å². The van der Waals surface area contributed by atoms with Crippen molar-refractivity contribution < 1.29 is 9.53 Å². The van der Waals surface area contributed by atoms with Crippen molar-refractivity contribution in [3.63, 3.8) is 0 Å². The van der Waals surface area contributed by atoms with E-state index in [4.69, 9.17) is 4.74 Å². The normalized spacial score (nSPS) is 16.7. The topological polar surface area (TPSA) is 65.4 Å². The predicted molar refractivity (Wildman–Crippen MR) is 102 cm³/mol. The summed E-state index contributed by atoms with van der Waals surface area (Å²) in [5.41, 5.74) is 0.949. The van der Waals surface area contributed by atoms with E-state index in [1.807, 2.05) is 47.8 Å². The molecule has 134 valence electrons. The molecule has 0 aliphatic carbocycles. The fourth-order valence-electron chi connectivity index (χ4n) is 2.93. The quantitative estimate of drug-likeness (QED) is 0.630. The Kier molecular flexibility index (Phi) is 6.56. The molecule has 1 amide bonds. The van der Waals surface area contributed by atoms with Crippen molar-refractivity contribution in [2.75, 3.05) is 32.8 Å². The first-order valence-electron chi connectivity index (χ1n) is 8.58. The summed E-state index contributed by atoms with van der Waals surface area (Å²) in [6.45, 7) is 3.54. The maximum atomic E-state index is 12.5. The van der Waals surface area contributed by atoms with Gasteiger partial charge in [0.2, 0.25) is 0 Å². The van der Waals surface area contributed by atoms with Crippen LogP contribution in [-0.2, 0) is 9.53 Å². The summed E-state index contributed by atoms with van der Waals surface area (Å²) in [6, 6.07) is 15.6. The van der Waals surface area contributed by atoms with Gasteiger partial charge in [0.25, 0.3) is 5.91 Å². The van der Waals surface area contributed by atoms with E-state index in [1.54, 1.807) is 17.4 Å². The van der Waals surface area contributed by atoms with Gasteiger partial charge in [-0.1, -0.05) is 36.4 Å². The molecule has 2 aromatic rings. The van der Waals surface area contributed by atoms with Crippen molar-refractivity contribution in [2.24, 2.45) is 0 Å². The monoisotopic (exact) mass is 367 g/mol. The summed E-state index contributed by atoms with van der Waals surface area (Å²) in [7, 11) is 0. The number of hydrogen-bond acceptors (Lipinski definition) is 5. The Hall–Kier alpha value is -2.46. The molecule has 1 atom stereocenters. The number of benzene rings is 1. The van der Waals surface area contributed by atoms with Crippen molar-refractivity contribution in [1.29, 1.82) is 5.26 Å². The van der Waals surface area contributed by atoms with Crippen molar-refractivity contribution in [3.8, 4) is 6.07 Å². The first-order chi connectivity index (χ1) is 12.8. The number of carbonyl (C=O) groups excluding carboxylic acids is 1. The smallest absolute Gasteiger partial charge is 0.262 e. The van der Waals surface area contributed by atoms with Gasteiger partial charge >= 0.3 is 0 Å². The summed E-state index contributed by atoms with van der Waals surface area (Å²) in [5.74, 6) is -0.342. The van der Waals surface area contributed by atoms with Crippen LogP contribution in [0.2, 0.25) is 0 Å². The molecule has 1 aliphatic rings. The number of amides is 1. The van der Waals surface area contributed by atoms with Crippen LogP contribution in [0.25, 0.3) is 6.08 Å². The van der Waals surface area contributed by atoms with E-state index in [-0.39, 0.29) is 17.5 Å². The van der Waals surface area contributed by atoms with Crippen LogP contribution in [0.1, 0.15) is 16.5 Å². The lowest BCUT2D eigenvalue weighted by atomic mass is 10.1. The number of morpholine rings is 1. The lowest BCUT2D eigenvalue weighted by Crippen LogP contribution is -2.43. The molecule has 26 heavy (non-hydrogen) atoms. The zero-order valence-corrected chi connectivity index (χ0v) is 15.2. The van der Waals surface area contributed by atoms with Gasteiger partial charge in [0.1, 0.15) is 11.6 Å². The number of nitrogens with zero attached hydrogens (tertiary/aromatic N) is 2. The van der Waals surface area contributed by atoms with E-state index in [0.717, 1.165) is 18.7 Å². The van der Waals surface area contributed by atoms with Crippen LogP contribution in [0, 0.1) is 11.3 Å². The van der Waals surface area contributed by atoms with E-state index >= 15 is 0 Å². The van der Waals surface area contributed by atoms with E-state index in [9.17, 15) is 10.1 Å². The van der Waals surface area contributed by atoms with Crippen LogP contribution in [0.15, 0.2) is 53.4 Å². The predicted octanol–water partition coefficient (Wildman–Crippen LogP) is 2.84. The molecule has 5 nitrogen and oxygen atoms in total. The minimum absolute atomic E-state index is 0.0968. The second-order valence-corrected chi connectivity index (χ2v) is 6.95. The Labute approximate surface area is 157 Å². The molecule has 1 aromatic heterocycles. The van der Waals surface area contributed by atoms with Crippen molar-refractivity contribution >= 4 is 23.3 Å². The highest BCUT2D eigenvalue weighted by atomic mass is 32.1. The van der Waals surface area contributed by atoms with Crippen molar-refractivity contribution in [3.05, 3.63) is 63.9 Å². The zero-order chi connectivity index (χ0) is 18.2. The molecule has 1 saturated heterocycles. The minimum atomic E-state index is -0.342. The number of carbonyl (C=O) groups is 1. The van der Waals surface area contributed by atoms with Gasteiger partial charge in [-0.25, -0.2) is 0 Å². The first-order valence-corrected chi connectivity index (χ1v) is 9.46.